The molecule has 9 rings (SSSR count). The molecule has 6 nitrogen and oxygen atoms in total. The topological polar surface area (TPSA) is 78.1 Å². The van der Waals surface area contributed by atoms with Gasteiger partial charge in [0.2, 0.25) is 0 Å². The Labute approximate surface area is 203 Å². The van der Waals surface area contributed by atoms with Crippen LogP contribution in [0.4, 0.5) is 0 Å². The van der Waals surface area contributed by atoms with E-state index < -0.39 is 17.1 Å². The maximum atomic E-state index is 13.0. The third-order valence-corrected chi connectivity index (χ3v) is 10.5. The summed E-state index contributed by atoms with van der Waals surface area (Å²) in [5.74, 6) is 1.53. The third-order valence-electron chi connectivity index (χ3n) is 10.5. The molecule has 35 heavy (non-hydrogen) atoms. The van der Waals surface area contributed by atoms with Crippen LogP contribution in [0.3, 0.4) is 0 Å². The molecule has 3 aromatic rings. The number of aromatic hydroxyl groups is 1. The van der Waals surface area contributed by atoms with Crippen LogP contribution in [-0.4, -0.2) is 49.5 Å². The number of phenols is 1. The Bertz CT molecular complexity index is 1460. The van der Waals surface area contributed by atoms with Gasteiger partial charge in [-0.25, -0.2) is 0 Å². The van der Waals surface area contributed by atoms with Crippen LogP contribution in [0.1, 0.15) is 65.8 Å². The molecule has 0 amide bonds. The molecule has 1 saturated heterocycles. The first-order valence-electron chi connectivity index (χ1n) is 13.3. The second-order valence-corrected chi connectivity index (χ2v) is 12.0. The number of aliphatic hydroxyl groups is 2. The van der Waals surface area contributed by atoms with Crippen LogP contribution >= 0.6 is 0 Å². The van der Waals surface area contributed by atoms with E-state index >= 15 is 0 Å². The average molecular weight is 471 g/mol. The number of piperidine rings is 1. The van der Waals surface area contributed by atoms with E-state index in [0.717, 1.165) is 66.1 Å². The highest BCUT2D eigenvalue weighted by molar-refractivity contribution is 5.90. The van der Waals surface area contributed by atoms with E-state index in [2.05, 4.69) is 21.6 Å². The molecule has 3 aliphatic carbocycles. The molecule has 6 heteroatoms. The van der Waals surface area contributed by atoms with Gasteiger partial charge in [0.25, 0.3) is 0 Å². The fourth-order valence-electron chi connectivity index (χ4n) is 8.84. The Balaban J connectivity index is 1.36. The SMILES string of the molecule is Oc1ccc2c3c1O[C@H]1c4c(c5cccc6c5n4CC[C@H]6O)C[C@@]4(O)[C@@H](C2)N(CC2CC2)CC[C@]314. The lowest BCUT2D eigenvalue weighted by Crippen LogP contribution is -2.74. The highest BCUT2D eigenvalue weighted by atomic mass is 16.5. The van der Waals surface area contributed by atoms with Gasteiger partial charge in [-0.05, 0) is 61.8 Å². The van der Waals surface area contributed by atoms with Crippen molar-refractivity contribution in [1.29, 1.82) is 0 Å². The van der Waals surface area contributed by atoms with Gasteiger partial charge < -0.3 is 24.6 Å². The fourth-order valence-corrected chi connectivity index (χ4v) is 8.84. The summed E-state index contributed by atoms with van der Waals surface area (Å²) in [4.78, 5) is 2.57. The average Bonchev–Trinajstić information content (AvgIpc) is 3.52. The maximum Gasteiger partial charge on any atom is 0.166 e. The first-order chi connectivity index (χ1) is 17.0. The summed E-state index contributed by atoms with van der Waals surface area (Å²) in [6.45, 7) is 2.77. The van der Waals surface area contributed by atoms with Crippen molar-refractivity contribution in [3.05, 3.63) is 58.3 Å². The van der Waals surface area contributed by atoms with Gasteiger partial charge in [-0.15, -0.1) is 0 Å². The van der Waals surface area contributed by atoms with Crippen molar-refractivity contribution in [1.82, 2.24) is 9.47 Å². The lowest BCUT2D eigenvalue weighted by molar-refractivity contribution is -0.173. The monoisotopic (exact) mass is 470 g/mol. The predicted molar refractivity (Wildman–Crippen MR) is 130 cm³/mol. The predicted octanol–water partition coefficient (Wildman–Crippen LogP) is 3.48. The van der Waals surface area contributed by atoms with Crippen molar-refractivity contribution < 1.29 is 20.1 Å². The molecule has 2 bridgehead atoms. The number of likely N-dealkylation sites (tertiary alicyclic amines) is 1. The van der Waals surface area contributed by atoms with Crippen LogP contribution in [0.5, 0.6) is 11.5 Å². The summed E-state index contributed by atoms with van der Waals surface area (Å²) in [5.41, 5.74) is 5.17. The number of ether oxygens (including phenoxy) is 1. The summed E-state index contributed by atoms with van der Waals surface area (Å²) < 4.78 is 9.15. The summed E-state index contributed by atoms with van der Waals surface area (Å²) in [6, 6.07) is 10.1. The number of nitrogens with zero attached hydrogens (tertiary/aromatic N) is 2. The first kappa shape index (κ1) is 19.6. The minimum Gasteiger partial charge on any atom is -0.504 e. The van der Waals surface area contributed by atoms with Crippen molar-refractivity contribution in [2.45, 2.75) is 74.3 Å². The second-order valence-electron chi connectivity index (χ2n) is 12.0. The molecule has 3 N–H and O–H groups in total. The molecule has 3 aliphatic heterocycles. The molecule has 0 radical (unpaired) electrons. The number of fused-ring (bicyclic) bond motifs is 4. The number of hydrogen-bond donors (Lipinski definition) is 3. The molecule has 1 saturated carbocycles. The number of aromatic nitrogens is 1. The Hall–Kier alpha value is -2.54. The lowest BCUT2D eigenvalue weighted by Gasteiger charge is -2.63. The number of aliphatic hydroxyl groups excluding tert-OH is 1. The van der Waals surface area contributed by atoms with Crippen LogP contribution in [-0.2, 0) is 24.8 Å². The molecule has 1 aromatic heterocycles. The molecule has 2 aromatic carbocycles. The number of benzene rings is 2. The third kappa shape index (κ3) is 2.08. The molecule has 2 fully saturated rings. The highest BCUT2D eigenvalue weighted by Gasteiger charge is 2.73. The van der Waals surface area contributed by atoms with Gasteiger partial charge in [0.05, 0.1) is 28.3 Å². The summed E-state index contributed by atoms with van der Waals surface area (Å²) in [7, 11) is 0. The minimum atomic E-state index is -0.967. The summed E-state index contributed by atoms with van der Waals surface area (Å²) in [6.07, 6.45) is 4.70. The molecule has 4 heterocycles. The molecule has 6 aliphatic rings. The number of rotatable bonds is 2. The maximum absolute atomic E-state index is 13.0. The number of phenolic OH excluding ortho intramolecular Hbond substituents is 1. The molecular formula is C29H30N2O4. The van der Waals surface area contributed by atoms with Crippen molar-refractivity contribution in [2.24, 2.45) is 5.92 Å². The van der Waals surface area contributed by atoms with Crippen LogP contribution < -0.4 is 4.74 Å². The second kappa shape index (κ2) is 6.05. The zero-order chi connectivity index (χ0) is 23.3. The van der Waals surface area contributed by atoms with E-state index in [0.29, 0.717) is 18.6 Å². The molecular weight excluding hydrogens is 440 g/mol. The van der Waals surface area contributed by atoms with E-state index in [9.17, 15) is 15.3 Å². The van der Waals surface area contributed by atoms with E-state index in [1.807, 2.05) is 12.1 Å². The zero-order valence-corrected chi connectivity index (χ0v) is 19.7. The van der Waals surface area contributed by atoms with E-state index in [1.165, 1.54) is 24.0 Å². The van der Waals surface area contributed by atoms with Crippen LogP contribution in [0.25, 0.3) is 10.9 Å². The van der Waals surface area contributed by atoms with Gasteiger partial charge in [0.1, 0.15) is 0 Å². The smallest absolute Gasteiger partial charge is 0.166 e. The zero-order valence-electron chi connectivity index (χ0n) is 19.7. The Kier molecular flexibility index (Phi) is 3.39. The van der Waals surface area contributed by atoms with E-state index in [4.69, 9.17) is 4.74 Å². The van der Waals surface area contributed by atoms with E-state index in [-0.39, 0.29) is 17.9 Å². The van der Waals surface area contributed by atoms with Crippen molar-refractivity contribution in [3.8, 4) is 11.5 Å². The van der Waals surface area contributed by atoms with Crippen LogP contribution in [0.15, 0.2) is 30.3 Å². The van der Waals surface area contributed by atoms with Crippen molar-refractivity contribution in [2.75, 3.05) is 13.1 Å². The Morgan fingerprint density at radius 2 is 1.97 bits per heavy atom. The number of aryl methyl sites for hydroxylation is 1. The first-order valence-corrected chi connectivity index (χ1v) is 13.3. The molecule has 0 unspecified atom stereocenters. The van der Waals surface area contributed by atoms with E-state index in [1.54, 1.807) is 6.07 Å². The standard InChI is InChI=1S/C29H30N2O4/c32-20-8-10-31-24-17(2-1-3-18(20)24)19-13-29(34)22-12-16-6-7-21(33)26-23(16)28(29,27(35-26)25(19)31)9-11-30(22)14-15-4-5-15/h1-3,6-7,15,20,22,27,32-34H,4-5,8-14H2/t20-,22-,27+,28+,29-/m1/s1. The highest BCUT2D eigenvalue weighted by Crippen LogP contribution is 2.69. The Morgan fingerprint density at radius 3 is 2.83 bits per heavy atom. The molecule has 180 valence electrons. The Morgan fingerprint density at radius 1 is 1.09 bits per heavy atom. The lowest BCUT2D eigenvalue weighted by atomic mass is 9.49. The van der Waals surface area contributed by atoms with Gasteiger partial charge >= 0.3 is 0 Å². The van der Waals surface area contributed by atoms with Gasteiger partial charge in [0.15, 0.2) is 17.6 Å². The van der Waals surface area contributed by atoms with Gasteiger partial charge in [-0.3, -0.25) is 4.90 Å². The van der Waals surface area contributed by atoms with Crippen molar-refractivity contribution >= 4 is 10.9 Å². The summed E-state index contributed by atoms with van der Waals surface area (Å²) >= 11 is 0. The minimum absolute atomic E-state index is 0.0383. The summed E-state index contributed by atoms with van der Waals surface area (Å²) in [5, 5.41) is 35.8. The molecule has 5 atom stereocenters. The fraction of sp³-hybridized carbons (Fsp3) is 0.517. The van der Waals surface area contributed by atoms with Gasteiger partial charge in [-0.2, -0.15) is 0 Å². The normalized spacial score (nSPS) is 36.1. The number of para-hydroxylation sites is 1. The quantitative estimate of drug-likeness (QED) is 0.535. The van der Waals surface area contributed by atoms with Crippen LogP contribution in [0.2, 0.25) is 0 Å². The van der Waals surface area contributed by atoms with Crippen LogP contribution in [0, 0.1) is 5.92 Å². The molecule has 1 spiro atoms. The number of hydrogen-bond acceptors (Lipinski definition) is 5. The van der Waals surface area contributed by atoms with Crippen molar-refractivity contribution in [3.63, 3.8) is 0 Å². The van der Waals surface area contributed by atoms with Gasteiger partial charge in [-0.1, -0.05) is 24.3 Å². The largest absolute Gasteiger partial charge is 0.504 e. The van der Waals surface area contributed by atoms with Gasteiger partial charge in [0, 0.05) is 42.1 Å².